The van der Waals surface area contributed by atoms with Crippen molar-refractivity contribution in [1.29, 1.82) is 0 Å². The minimum atomic E-state index is -0.751. The molecular weight excluding hydrogens is 1030 g/mol. The molecule has 2 heteroatoms. The number of nitrogens with zero attached hydrogens (tertiary/aromatic N) is 1. The Bertz CT molecular complexity index is 5020. The molecule has 2 nitrogen and oxygen atoms in total. The van der Waals surface area contributed by atoms with Crippen molar-refractivity contribution in [2.24, 2.45) is 0 Å². The van der Waals surface area contributed by atoms with Gasteiger partial charge in [-0.2, -0.15) is 0 Å². The van der Waals surface area contributed by atoms with Crippen LogP contribution >= 0.6 is 0 Å². The lowest BCUT2D eigenvalue weighted by atomic mass is 9.65. The fourth-order valence-corrected chi connectivity index (χ4v) is 16.9. The van der Waals surface area contributed by atoms with Gasteiger partial charge < -0.3 is 9.64 Å². The molecule has 5 aliphatic rings. The maximum absolute atomic E-state index is 7.46. The van der Waals surface area contributed by atoms with Gasteiger partial charge in [-0.15, -0.1) is 0 Å². The number of benzene rings is 14. The van der Waals surface area contributed by atoms with Gasteiger partial charge in [0.15, 0.2) is 0 Å². The highest BCUT2D eigenvalue weighted by Gasteiger charge is 2.55. The number of fused-ring (bicyclic) bond motifs is 26. The summed E-state index contributed by atoms with van der Waals surface area (Å²) in [6.07, 6.45) is 0. The maximum Gasteiger partial charge on any atom is 0.140 e. The largest absolute Gasteiger partial charge is 0.455 e. The third-order valence-corrected chi connectivity index (χ3v) is 20.0. The quantitative estimate of drug-likeness (QED) is 0.170. The Morgan fingerprint density at radius 3 is 1.08 bits per heavy atom. The first-order valence-corrected chi connectivity index (χ1v) is 29.7. The molecule has 0 saturated heterocycles. The molecule has 2 spiro atoms. The summed E-state index contributed by atoms with van der Waals surface area (Å²) in [6.45, 7) is 0. The van der Waals surface area contributed by atoms with Crippen LogP contribution in [0.1, 0.15) is 66.8 Å². The molecule has 0 radical (unpaired) electrons. The number of anilines is 3. The topological polar surface area (TPSA) is 12.5 Å². The van der Waals surface area contributed by atoms with E-state index in [0.717, 1.165) is 61.2 Å². The van der Waals surface area contributed by atoms with Crippen molar-refractivity contribution in [2.45, 2.75) is 16.2 Å². The van der Waals surface area contributed by atoms with Crippen LogP contribution in [0.4, 0.5) is 17.1 Å². The lowest BCUT2D eigenvalue weighted by molar-refractivity contribution is 0.447. The van der Waals surface area contributed by atoms with E-state index in [4.69, 9.17) is 4.74 Å². The van der Waals surface area contributed by atoms with Crippen LogP contribution in [0.5, 0.6) is 11.5 Å². The zero-order valence-electron chi connectivity index (χ0n) is 46.3. The smallest absolute Gasteiger partial charge is 0.140 e. The monoisotopic (exact) mass is 1080 g/mol. The maximum atomic E-state index is 7.46. The van der Waals surface area contributed by atoms with E-state index < -0.39 is 16.2 Å². The Balaban J connectivity index is 0.944. The molecule has 0 unspecified atom stereocenters. The van der Waals surface area contributed by atoms with E-state index in [2.05, 4.69) is 314 Å². The zero-order chi connectivity index (χ0) is 55.6. The highest BCUT2D eigenvalue weighted by atomic mass is 16.5. The Morgan fingerprint density at radius 1 is 0.235 bits per heavy atom. The highest BCUT2D eigenvalue weighted by molar-refractivity contribution is 6.07. The van der Waals surface area contributed by atoms with Crippen LogP contribution in [-0.4, -0.2) is 0 Å². The third-order valence-electron chi connectivity index (χ3n) is 20.0. The van der Waals surface area contributed by atoms with E-state index in [1.165, 1.54) is 100 Å². The SMILES string of the molecule is c1ccc(C2(c3ccccc3)c3ccccc3-c3cc(N(c4cccc5c4-c4ccccc4C54c5ccccc5-c5ccccc54)c4cccc5c4-c4ccccc4C54c5ccc6ccccc6c5Oc5c4ccc4ccccc54)ccc32)cc1. The minimum absolute atomic E-state index is 0.543. The summed E-state index contributed by atoms with van der Waals surface area (Å²) in [4.78, 5) is 2.64. The fourth-order valence-electron chi connectivity index (χ4n) is 16.9. The molecule has 0 N–H and O–H groups in total. The second-order valence-corrected chi connectivity index (χ2v) is 23.6. The van der Waals surface area contributed by atoms with Crippen LogP contribution in [0, 0.1) is 0 Å². The summed E-state index contributed by atoms with van der Waals surface area (Å²) in [7, 11) is 0. The van der Waals surface area contributed by atoms with Gasteiger partial charge >= 0.3 is 0 Å². The summed E-state index contributed by atoms with van der Waals surface area (Å²) < 4.78 is 7.46. The fraction of sp³-hybridized carbons (Fsp3) is 0.0361. The van der Waals surface area contributed by atoms with Crippen molar-refractivity contribution in [3.8, 4) is 56.0 Å². The van der Waals surface area contributed by atoms with Crippen LogP contribution in [0.3, 0.4) is 0 Å². The van der Waals surface area contributed by atoms with Gasteiger partial charge in [0.2, 0.25) is 0 Å². The van der Waals surface area contributed by atoms with E-state index in [9.17, 15) is 0 Å². The van der Waals surface area contributed by atoms with Crippen molar-refractivity contribution < 1.29 is 4.74 Å². The second kappa shape index (κ2) is 17.1. The number of rotatable bonds is 5. The Hall–Kier alpha value is -10.8. The molecule has 0 atom stereocenters. The molecule has 0 aromatic heterocycles. The molecule has 0 fully saturated rings. The molecular formula is C83H51NO. The van der Waals surface area contributed by atoms with Crippen molar-refractivity contribution in [3.63, 3.8) is 0 Å². The average Bonchev–Trinajstić information content (AvgIpc) is 1.67. The van der Waals surface area contributed by atoms with Crippen LogP contribution in [0.2, 0.25) is 0 Å². The molecule has 14 aromatic carbocycles. The first-order valence-electron chi connectivity index (χ1n) is 29.7. The van der Waals surface area contributed by atoms with Gasteiger partial charge in [-0.05, 0) is 124 Å². The van der Waals surface area contributed by atoms with Crippen LogP contribution in [0.25, 0.3) is 66.1 Å². The van der Waals surface area contributed by atoms with E-state index in [0.29, 0.717) is 0 Å². The predicted octanol–water partition coefficient (Wildman–Crippen LogP) is 20.6. The van der Waals surface area contributed by atoms with Crippen molar-refractivity contribution >= 4 is 38.6 Å². The lowest BCUT2D eigenvalue weighted by Crippen LogP contribution is -2.32. The van der Waals surface area contributed by atoms with Crippen molar-refractivity contribution in [1.82, 2.24) is 0 Å². The van der Waals surface area contributed by atoms with Crippen LogP contribution in [0.15, 0.2) is 309 Å². The number of ether oxygens (including phenoxy) is 1. The second-order valence-electron chi connectivity index (χ2n) is 23.6. The van der Waals surface area contributed by atoms with Gasteiger partial charge in [-0.3, -0.25) is 0 Å². The summed E-state index contributed by atoms with van der Waals surface area (Å²) in [6, 6.07) is 117. The molecule has 85 heavy (non-hydrogen) atoms. The molecule has 0 bridgehead atoms. The lowest BCUT2D eigenvalue weighted by Gasteiger charge is -2.40. The normalized spacial score (nSPS) is 14.7. The van der Waals surface area contributed by atoms with Crippen molar-refractivity contribution in [2.75, 3.05) is 4.90 Å². The number of hydrogen-bond acceptors (Lipinski definition) is 2. The van der Waals surface area contributed by atoms with Gasteiger partial charge in [-0.1, -0.05) is 285 Å². The summed E-state index contributed by atoms with van der Waals surface area (Å²) in [5.41, 5.74) is 26.5. The molecule has 394 valence electrons. The molecule has 0 saturated carbocycles. The van der Waals surface area contributed by atoms with E-state index in [1.807, 2.05) is 0 Å². The van der Waals surface area contributed by atoms with Gasteiger partial charge in [0.05, 0.1) is 27.6 Å². The Labute approximate surface area is 493 Å². The van der Waals surface area contributed by atoms with Gasteiger partial charge in [0, 0.05) is 38.7 Å². The van der Waals surface area contributed by atoms with Gasteiger partial charge in [0.1, 0.15) is 11.5 Å². The zero-order valence-corrected chi connectivity index (χ0v) is 46.3. The van der Waals surface area contributed by atoms with Crippen molar-refractivity contribution in [3.05, 3.63) is 376 Å². The van der Waals surface area contributed by atoms with E-state index in [1.54, 1.807) is 0 Å². The van der Waals surface area contributed by atoms with Crippen LogP contribution in [-0.2, 0) is 16.2 Å². The molecule has 1 aliphatic heterocycles. The Kier molecular flexibility index (Phi) is 9.43. The average molecular weight is 1080 g/mol. The molecule has 14 aromatic rings. The van der Waals surface area contributed by atoms with Gasteiger partial charge in [-0.25, -0.2) is 0 Å². The first-order chi connectivity index (χ1) is 42.2. The standard InChI is InChI=1S/C83H51NO/c1-3-25-54(26-4-1)81(55-27-5-2-6-28-55)65-36-16-13-33-61(65)64-51-56(47-50-70(64)81)84(75-43-21-41-71-77(75)62-34-14-19-39-68(62)82(71)66-37-17-11-31-59(66)60-32-12-18-38-67(60)82)76-44-22-42-72-78(76)63-35-15-20-40-69(63)83(72)73-48-45-52-23-7-9-29-57(52)79(73)85-80-58-30-10-8-24-53(58)46-49-74(80)83/h1-51H. The molecule has 19 rings (SSSR count). The minimum Gasteiger partial charge on any atom is -0.455 e. The molecule has 1 heterocycles. The number of hydrogen-bond donors (Lipinski definition) is 0. The summed E-state index contributed by atoms with van der Waals surface area (Å²) in [5.74, 6) is 1.81. The molecule has 0 amide bonds. The summed E-state index contributed by atoms with van der Waals surface area (Å²) in [5, 5.41) is 4.50. The predicted molar refractivity (Wildman–Crippen MR) is 347 cm³/mol. The molecule has 4 aliphatic carbocycles. The first kappa shape index (κ1) is 46.8. The van der Waals surface area contributed by atoms with Crippen LogP contribution < -0.4 is 9.64 Å². The summed E-state index contributed by atoms with van der Waals surface area (Å²) >= 11 is 0. The highest BCUT2D eigenvalue weighted by Crippen LogP contribution is 2.69. The van der Waals surface area contributed by atoms with Gasteiger partial charge in [0.25, 0.3) is 0 Å². The van der Waals surface area contributed by atoms with E-state index >= 15 is 0 Å². The van der Waals surface area contributed by atoms with E-state index in [-0.39, 0.29) is 0 Å². The third kappa shape index (κ3) is 5.79. The Morgan fingerprint density at radius 2 is 0.588 bits per heavy atom.